The Kier molecular flexibility index (Phi) is 11.7. The van der Waals surface area contributed by atoms with Crippen LogP contribution in [0.2, 0.25) is 0 Å². The number of Topliss-reactive ketones (excluding diaryl/α,β-unsaturated/α-hetero) is 1. The monoisotopic (exact) mass is 825 g/mol. The fourth-order valence-electron chi connectivity index (χ4n) is 9.49. The van der Waals surface area contributed by atoms with Gasteiger partial charge in [-0.3, -0.25) is 19.2 Å². The first-order chi connectivity index (χ1) is 26.1. The highest BCUT2D eigenvalue weighted by Gasteiger charge is 2.85. The van der Waals surface area contributed by atoms with Crippen LogP contribution in [-0.2, 0) is 35.4 Å². The van der Waals surface area contributed by atoms with Crippen molar-refractivity contribution in [2.75, 3.05) is 13.1 Å². The molecule has 1 aromatic heterocycles. The second-order valence-electron chi connectivity index (χ2n) is 19.2. The van der Waals surface area contributed by atoms with Crippen molar-refractivity contribution in [3.63, 3.8) is 0 Å². The number of aromatic nitrogens is 1. The largest absolute Gasteiger partial charge is 0.417 e. The zero-order chi connectivity index (χ0) is 42.7. The number of sulfonamides is 1. The number of fused-ring (bicyclic) bond motifs is 1. The summed E-state index contributed by atoms with van der Waals surface area (Å²) in [6.45, 7) is 14.7. The molecule has 18 heteroatoms. The predicted octanol–water partition coefficient (Wildman–Crippen LogP) is 4.03. The van der Waals surface area contributed by atoms with Crippen LogP contribution < -0.4 is 26.4 Å². The van der Waals surface area contributed by atoms with E-state index in [1.54, 1.807) is 41.5 Å². The van der Waals surface area contributed by atoms with Crippen molar-refractivity contribution >= 4 is 39.6 Å². The van der Waals surface area contributed by atoms with Crippen LogP contribution in [0.25, 0.3) is 0 Å². The van der Waals surface area contributed by atoms with Crippen LogP contribution in [0, 0.1) is 33.0 Å². The number of urea groups is 1. The first kappa shape index (κ1) is 44.3. The van der Waals surface area contributed by atoms with Gasteiger partial charge in [0.15, 0.2) is 5.03 Å². The minimum atomic E-state index is -4.70. The van der Waals surface area contributed by atoms with Crippen LogP contribution in [0.1, 0.15) is 112 Å². The fourth-order valence-corrected chi connectivity index (χ4v) is 10.5. The number of ketones is 1. The molecule has 1 aliphatic heterocycles. The van der Waals surface area contributed by atoms with Gasteiger partial charge in [-0.1, -0.05) is 81.1 Å². The summed E-state index contributed by atoms with van der Waals surface area (Å²) in [5, 5.41) is 7.72. The number of likely N-dealkylation sites (tertiary alicyclic amines) is 1. The predicted molar refractivity (Wildman–Crippen MR) is 203 cm³/mol. The number of primary amides is 1. The van der Waals surface area contributed by atoms with Crippen molar-refractivity contribution in [2.45, 2.75) is 142 Å². The molecule has 318 valence electrons. The first-order valence-corrected chi connectivity index (χ1v) is 21.1. The van der Waals surface area contributed by atoms with Gasteiger partial charge in [-0.2, -0.15) is 13.2 Å². The fraction of sp³-hybridized carbons (Fsp3) is 0.744. The summed E-state index contributed by atoms with van der Waals surface area (Å²) in [6.07, 6.45) is 2.00. The molecule has 1 saturated heterocycles. The Bertz CT molecular complexity index is 1870. The first-order valence-electron chi connectivity index (χ1n) is 19.6. The van der Waals surface area contributed by atoms with E-state index in [-0.39, 0.29) is 41.7 Å². The van der Waals surface area contributed by atoms with E-state index in [0.29, 0.717) is 18.7 Å². The molecule has 3 saturated carbocycles. The summed E-state index contributed by atoms with van der Waals surface area (Å²) in [4.78, 5) is 72.8. The topological polar surface area (TPSA) is 210 Å². The standard InChI is InChI=1S/C39H58F3N7O7S/c1-34(2,3)26(20-45-57(55,56)27-14-13-23(19-44-27)39(40,41)42)47-33(54)48-29(35(4,5)6)32(53)49-21-38(36(7,8)37(38)15-10-16-37)18-25(49)31(52)46-24(28(50)30(43)51)17-22-11-9-12-22/h13-14,19,22,24-26,29,45H,9-12,15-18,20-21H2,1-8H3,(H2,43,51)(H,46,52)(H2,47,48,54)/t24?,25-,26+,29+,38+/m0/s1. The summed E-state index contributed by atoms with van der Waals surface area (Å²) in [5.41, 5.74) is 2.00. The number of carbonyl (C=O) groups is 5. The van der Waals surface area contributed by atoms with Gasteiger partial charge in [-0.15, -0.1) is 0 Å². The molecule has 5 amide bonds. The Balaban J connectivity index is 1.35. The van der Waals surface area contributed by atoms with Gasteiger partial charge >= 0.3 is 12.2 Å². The van der Waals surface area contributed by atoms with Crippen LogP contribution in [-0.4, -0.2) is 85.1 Å². The normalized spacial score (nSPS) is 24.5. The van der Waals surface area contributed by atoms with Crippen LogP contribution in [0.4, 0.5) is 18.0 Å². The van der Waals surface area contributed by atoms with E-state index in [4.69, 9.17) is 5.73 Å². The zero-order valence-electron chi connectivity index (χ0n) is 34.1. The van der Waals surface area contributed by atoms with Crippen molar-refractivity contribution in [3.05, 3.63) is 23.9 Å². The Hall–Kier alpha value is -3.80. The van der Waals surface area contributed by atoms with Crippen LogP contribution in [0.3, 0.4) is 0 Å². The van der Waals surface area contributed by atoms with E-state index >= 15 is 0 Å². The van der Waals surface area contributed by atoms with Crippen molar-refractivity contribution in [3.8, 4) is 0 Å². The second-order valence-corrected chi connectivity index (χ2v) is 20.9. The number of hydrogen-bond acceptors (Lipinski definition) is 8. The number of nitrogens with zero attached hydrogens (tertiary/aromatic N) is 2. The molecule has 5 rings (SSSR count). The number of alkyl halides is 3. The van der Waals surface area contributed by atoms with Crippen LogP contribution in [0.15, 0.2) is 23.4 Å². The molecule has 5 atom stereocenters. The van der Waals surface area contributed by atoms with Gasteiger partial charge in [0, 0.05) is 30.7 Å². The molecular weight excluding hydrogens is 768 g/mol. The minimum absolute atomic E-state index is 0.0624. The average molecular weight is 826 g/mol. The highest BCUT2D eigenvalue weighted by atomic mass is 32.2. The van der Waals surface area contributed by atoms with E-state index in [1.165, 1.54) is 4.90 Å². The van der Waals surface area contributed by atoms with Crippen molar-refractivity contribution in [2.24, 2.45) is 38.7 Å². The lowest BCUT2D eigenvalue weighted by Crippen LogP contribution is -2.62. The van der Waals surface area contributed by atoms with Crippen LogP contribution in [0.5, 0.6) is 0 Å². The molecule has 6 N–H and O–H groups in total. The smallest absolute Gasteiger partial charge is 0.363 e. The third-order valence-electron chi connectivity index (χ3n) is 13.6. The number of carbonyl (C=O) groups excluding carboxylic acids is 5. The second kappa shape index (κ2) is 15.1. The van der Waals surface area contributed by atoms with E-state index in [0.717, 1.165) is 44.6 Å². The molecule has 1 aromatic rings. The number of rotatable bonds is 13. The quantitative estimate of drug-likeness (QED) is 0.183. The third kappa shape index (κ3) is 8.39. The van der Waals surface area contributed by atoms with E-state index in [2.05, 4.69) is 39.5 Å². The summed E-state index contributed by atoms with van der Waals surface area (Å²) in [6, 6.07) is -3.61. The lowest BCUT2D eigenvalue weighted by atomic mass is 9.73. The summed E-state index contributed by atoms with van der Waals surface area (Å²) < 4.78 is 67.4. The Morgan fingerprint density at radius 2 is 1.56 bits per heavy atom. The number of nitrogens with one attached hydrogen (secondary N) is 4. The third-order valence-corrected chi connectivity index (χ3v) is 15.0. The summed E-state index contributed by atoms with van der Waals surface area (Å²) in [7, 11) is -4.39. The van der Waals surface area contributed by atoms with Gasteiger partial charge in [-0.05, 0) is 65.4 Å². The highest BCUT2D eigenvalue weighted by Crippen LogP contribution is 2.88. The van der Waals surface area contributed by atoms with Gasteiger partial charge in [-0.25, -0.2) is 22.9 Å². The van der Waals surface area contributed by atoms with Crippen molar-refractivity contribution in [1.82, 2.24) is 30.6 Å². The Morgan fingerprint density at radius 3 is 2.00 bits per heavy atom. The van der Waals surface area contributed by atoms with E-state index < -0.39 is 91.3 Å². The maximum absolute atomic E-state index is 14.8. The van der Waals surface area contributed by atoms with Crippen molar-refractivity contribution in [1.29, 1.82) is 0 Å². The average Bonchev–Trinajstić information content (AvgIpc) is 3.26. The molecule has 0 radical (unpaired) electrons. The molecule has 4 fully saturated rings. The Labute approximate surface area is 332 Å². The molecule has 0 aromatic carbocycles. The number of nitrogens with two attached hydrogens (primary N) is 1. The van der Waals surface area contributed by atoms with E-state index in [1.807, 2.05) is 0 Å². The Morgan fingerprint density at radius 1 is 0.930 bits per heavy atom. The molecule has 57 heavy (non-hydrogen) atoms. The zero-order valence-corrected chi connectivity index (χ0v) is 34.9. The molecule has 2 spiro atoms. The maximum Gasteiger partial charge on any atom is 0.417 e. The van der Waals surface area contributed by atoms with Crippen molar-refractivity contribution < 1.29 is 45.6 Å². The molecule has 1 unspecified atom stereocenters. The number of pyridine rings is 1. The number of amides is 5. The minimum Gasteiger partial charge on any atom is -0.363 e. The maximum atomic E-state index is 14.8. The number of hydrogen-bond donors (Lipinski definition) is 5. The molecular formula is C39H58F3N7O7S. The molecule has 2 heterocycles. The van der Waals surface area contributed by atoms with Gasteiger partial charge in [0.2, 0.25) is 17.6 Å². The lowest BCUT2D eigenvalue weighted by molar-refractivity contribution is -0.143. The molecule has 3 aliphatic carbocycles. The van der Waals surface area contributed by atoms with E-state index in [9.17, 15) is 45.6 Å². The summed E-state index contributed by atoms with van der Waals surface area (Å²) >= 11 is 0. The van der Waals surface area contributed by atoms with Gasteiger partial charge in [0.05, 0.1) is 11.6 Å². The van der Waals surface area contributed by atoms with Gasteiger partial charge in [0.1, 0.15) is 12.1 Å². The van der Waals surface area contributed by atoms with Crippen LogP contribution >= 0.6 is 0 Å². The highest BCUT2D eigenvalue weighted by molar-refractivity contribution is 7.89. The van der Waals surface area contributed by atoms with Gasteiger partial charge in [0.25, 0.3) is 15.9 Å². The molecule has 14 nitrogen and oxygen atoms in total. The SMILES string of the molecule is CC(C)(C)[C@H](NC(=O)N[C@H](CNS(=O)(=O)c1ccc(C(F)(F)F)cn1)C(C)(C)C)C(=O)N1C[C@]2(C[C@H]1C(=O)NC(CC1CCC1)C(=O)C(N)=O)C(C)(C)C21CCC1. The summed E-state index contributed by atoms with van der Waals surface area (Å²) in [5.74, 6) is -2.94. The lowest BCUT2D eigenvalue weighted by Gasteiger charge is -2.37. The molecule has 4 aliphatic rings. The number of halogens is 3. The molecule has 0 bridgehead atoms. The van der Waals surface area contributed by atoms with Gasteiger partial charge < -0.3 is 26.6 Å².